The molecule has 0 atom stereocenters. The van der Waals surface area contributed by atoms with E-state index < -0.39 is 0 Å². The summed E-state index contributed by atoms with van der Waals surface area (Å²) in [6.45, 7) is 8.99. The maximum absolute atomic E-state index is 2.43. The van der Waals surface area contributed by atoms with Crippen molar-refractivity contribution in [3.63, 3.8) is 0 Å². The molecule has 0 spiro atoms. The second-order valence-corrected chi connectivity index (χ2v) is 42.3. The summed E-state index contributed by atoms with van der Waals surface area (Å²) in [7, 11) is 0. The summed E-state index contributed by atoms with van der Waals surface area (Å²) in [4.78, 5) is 0. The van der Waals surface area contributed by atoms with E-state index in [9.17, 15) is 0 Å². The molecule has 0 saturated heterocycles. The average Bonchev–Trinajstić information content (AvgIpc) is 0.822. The lowest BCUT2D eigenvalue weighted by Gasteiger charge is -2.21. The molecule has 0 nitrogen and oxygen atoms in total. The molecule has 28 rings (SSSR count). The predicted octanol–water partition coefficient (Wildman–Crippen LogP) is 41.8. The minimum absolute atomic E-state index is 0.103. The number of rotatable bonds is 12. The van der Waals surface area contributed by atoms with Crippen LogP contribution in [-0.4, -0.2) is 0 Å². The van der Waals surface area contributed by atoms with E-state index >= 15 is 0 Å². The van der Waals surface area contributed by atoms with E-state index in [1.165, 1.54) is 281 Å². The zero-order chi connectivity index (χ0) is 96.0. The average molecular weight is 1890 g/mol. The molecule has 0 saturated carbocycles. The van der Waals surface area contributed by atoms with Gasteiger partial charge in [-0.3, -0.25) is 0 Å². The number of thiophene rings is 3. The Kier molecular flexibility index (Phi) is 22.2. The van der Waals surface area contributed by atoms with E-state index in [-0.39, 0.29) is 5.41 Å². The maximum atomic E-state index is 2.43. The first-order valence-electron chi connectivity index (χ1n) is 49.8. The molecule has 0 bridgehead atoms. The van der Waals surface area contributed by atoms with Crippen LogP contribution in [0.1, 0.15) is 31.9 Å². The summed E-state index contributed by atoms with van der Waals surface area (Å²) in [5.74, 6) is 0. The number of aryl methyl sites for hydroxylation is 1. The summed E-state index contributed by atoms with van der Waals surface area (Å²) in [6.07, 6.45) is 0. The van der Waals surface area contributed by atoms with Crippen LogP contribution in [0.4, 0.5) is 0 Å². The van der Waals surface area contributed by atoms with Crippen molar-refractivity contribution in [1.29, 1.82) is 0 Å². The van der Waals surface area contributed by atoms with E-state index in [2.05, 4.69) is 537 Å². The highest BCUT2D eigenvalue weighted by Gasteiger charge is 2.26. The van der Waals surface area contributed by atoms with E-state index in [0.717, 1.165) is 0 Å². The van der Waals surface area contributed by atoms with Crippen LogP contribution in [0.25, 0.3) is 269 Å². The molecule has 3 heterocycles. The van der Waals surface area contributed by atoms with Gasteiger partial charge < -0.3 is 0 Å². The lowest BCUT2D eigenvalue weighted by Crippen LogP contribution is -2.10. The predicted molar refractivity (Wildman–Crippen MR) is 629 cm³/mol. The third kappa shape index (κ3) is 15.7. The van der Waals surface area contributed by atoms with Crippen LogP contribution in [0.2, 0.25) is 0 Å². The van der Waals surface area contributed by atoms with Crippen molar-refractivity contribution < 1.29 is 0 Å². The van der Waals surface area contributed by atoms with Crippen molar-refractivity contribution in [2.75, 3.05) is 0 Å². The molecule has 0 N–H and O–H groups in total. The second-order valence-electron chi connectivity index (χ2n) is 39.1. The molecular weight excluding hydrogens is 1790 g/mol. The van der Waals surface area contributed by atoms with Crippen LogP contribution in [0.3, 0.4) is 0 Å². The number of fused-ring (bicyclic) bond motifs is 16. The van der Waals surface area contributed by atoms with Gasteiger partial charge in [0.25, 0.3) is 0 Å². The fourth-order valence-corrected chi connectivity index (χ4v) is 26.2. The van der Waals surface area contributed by atoms with E-state index in [1.54, 1.807) is 0 Å². The molecule has 3 heteroatoms. The van der Waals surface area contributed by atoms with Gasteiger partial charge in [-0.15, -0.1) is 34.0 Å². The van der Waals surface area contributed by atoms with Crippen molar-refractivity contribution in [1.82, 2.24) is 0 Å². The molecule has 0 unspecified atom stereocenters. The van der Waals surface area contributed by atoms with Crippen molar-refractivity contribution in [3.05, 3.63) is 521 Å². The Morgan fingerprint density at radius 1 is 0.146 bits per heavy atom. The summed E-state index contributed by atoms with van der Waals surface area (Å²) < 4.78 is 8.04. The molecule has 0 fully saturated rings. The zero-order valence-corrected chi connectivity index (χ0v) is 82.7. The third-order valence-electron chi connectivity index (χ3n) is 29.4. The van der Waals surface area contributed by atoms with Gasteiger partial charge in [0.15, 0.2) is 0 Å². The highest BCUT2D eigenvalue weighted by atomic mass is 32.1. The lowest BCUT2D eigenvalue weighted by atomic mass is 9.83. The SMILES string of the molecule is CC(C)(C)c1ccc(-c2c3ccccc3c(-c3ccccc3)c3cc(-c4cccc(-c5cccc6c5sc5ccccc56)c4)ccc23)cc1.Cc1ccc(-c2c3ccccc3c(-c3ccccc3)c3cc(-c4cccc(-c5cccc6c5sc5ccccc56)c4)ccc23)cc1.c1ccc(-c2c3ccccc3c(-c3ccc4ccccc4c3)c3ccc(-c4cccc(-c5cccc6c5sc5ccccc56)c4)cc23)cc1. The summed E-state index contributed by atoms with van der Waals surface area (Å²) >= 11 is 5.66. The Labute approximate surface area is 850 Å². The van der Waals surface area contributed by atoms with Gasteiger partial charge in [-0.05, 0) is 287 Å². The van der Waals surface area contributed by atoms with Gasteiger partial charge in [0.2, 0.25) is 0 Å². The lowest BCUT2D eigenvalue weighted by molar-refractivity contribution is 0.590. The van der Waals surface area contributed by atoms with E-state index in [1.807, 2.05) is 34.0 Å². The van der Waals surface area contributed by atoms with Crippen molar-refractivity contribution >= 4 is 170 Å². The molecule has 0 aliphatic heterocycles. The maximum Gasteiger partial charge on any atom is 0.0433 e. The third-order valence-corrected chi connectivity index (χ3v) is 33.1. The van der Waals surface area contributed by atoms with Crippen LogP contribution >= 0.6 is 34.0 Å². The van der Waals surface area contributed by atoms with Gasteiger partial charge >= 0.3 is 0 Å². The Balaban J connectivity index is 0.000000110. The molecule has 678 valence electrons. The highest BCUT2D eigenvalue weighted by molar-refractivity contribution is 7.27. The van der Waals surface area contributed by atoms with Gasteiger partial charge in [0, 0.05) is 60.5 Å². The minimum atomic E-state index is 0.103. The quantitative estimate of drug-likeness (QED) is 0.107. The van der Waals surface area contributed by atoms with E-state index in [4.69, 9.17) is 0 Å². The topological polar surface area (TPSA) is 0 Å². The Hall–Kier alpha value is -17.0. The molecule has 0 aliphatic carbocycles. The molecule has 144 heavy (non-hydrogen) atoms. The molecule has 0 radical (unpaired) electrons. The number of hydrogen-bond acceptors (Lipinski definition) is 3. The molecule has 0 aliphatic rings. The largest absolute Gasteiger partial charge is 0.135 e. The van der Waals surface area contributed by atoms with Crippen molar-refractivity contribution in [3.8, 4) is 134 Å². The molecule has 0 amide bonds. The van der Waals surface area contributed by atoms with Gasteiger partial charge in [0.05, 0.1) is 0 Å². The van der Waals surface area contributed by atoms with Crippen LogP contribution in [0, 0.1) is 6.92 Å². The first-order chi connectivity index (χ1) is 71.0. The second kappa shape index (κ2) is 36.6. The first kappa shape index (κ1) is 87.3. The van der Waals surface area contributed by atoms with Gasteiger partial charge in [-0.2, -0.15) is 0 Å². The molecule has 3 aromatic heterocycles. The fourth-order valence-electron chi connectivity index (χ4n) is 22.5. The number of hydrogen-bond donors (Lipinski definition) is 0. The molecule has 25 aromatic carbocycles. The number of benzene rings is 25. The molecular formula is C141H96S3. The van der Waals surface area contributed by atoms with E-state index in [0.29, 0.717) is 0 Å². The van der Waals surface area contributed by atoms with Gasteiger partial charge in [0.1, 0.15) is 0 Å². The normalized spacial score (nSPS) is 11.8. The standard InChI is InChI=1S/C48H30S.C48H36S.C45H30S/c1-2-13-32(14-3-1)46-40-19-6-7-20-41(40)47(37-25-24-31-12-4-5-15-33(31)29-37)42-27-26-35(30-44(42)46)34-16-10-17-36(28-34)38-21-11-22-43-39-18-8-9-23-45(39)49-48(38)43;1-48(2,3)36-26-23-32(24-27-36)45-39-18-7-8-19-40(39)46(31-13-5-4-6-14-31)43-30-34(25-28-41(43)45)33-15-11-16-35(29-33)37-20-12-21-42-38-17-9-10-22-44(38)49-47(37)42;1-29-21-23-31(24-22-29)43-37-16-5-6-17-38(37)44(30-11-3-2-4-12-30)41-28-33(25-26-39(41)43)32-13-9-14-34(27-32)35-18-10-19-40-36-15-7-8-20-42(36)46-45(35)40/h1-30H;4-30H,1-3H3;2-28H,1H3. The summed E-state index contributed by atoms with van der Waals surface area (Å²) in [6, 6.07) is 188. The Morgan fingerprint density at radius 3 is 0.729 bits per heavy atom. The minimum Gasteiger partial charge on any atom is -0.135 e. The zero-order valence-electron chi connectivity index (χ0n) is 80.2. The molecule has 28 aromatic rings. The monoisotopic (exact) mass is 1880 g/mol. The smallest absolute Gasteiger partial charge is 0.0433 e. The van der Waals surface area contributed by atoms with Crippen LogP contribution in [-0.2, 0) is 5.41 Å². The fraction of sp³-hybridized carbons (Fsp3) is 0.0355. The highest BCUT2D eigenvalue weighted by Crippen LogP contribution is 2.53. The van der Waals surface area contributed by atoms with Gasteiger partial charge in [-0.25, -0.2) is 0 Å². The van der Waals surface area contributed by atoms with Crippen molar-refractivity contribution in [2.24, 2.45) is 0 Å². The first-order valence-corrected chi connectivity index (χ1v) is 52.2. The summed E-state index contributed by atoms with van der Waals surface area (Å²) in [5.41, 5.74) is 32.8. The van der Waals surface area contributed by atoms with Crippen LogP contribution < -0.4 is 0 Å². The Morgan fingerprint density at radius 2 is 0.382 bits per heavy atom. The van der Waals surface area contributed by atoms with Crippen LogP contribution in [0.15, 0.2) is 510 Å². The van der Waals surface area contributed by atoms with Crippen molar-refractivity contribution in [2.45, 2.75) is 33.1 Å². The Bertz CT molecular complexity index is 9920. The van der Waals surface area contributed by atoms with Crippen LogP contribution in [0.5, 0.6) is 0 Å². The summed E-state index contributed by atoms with van der Waals surface area (Å²) in [5, 5.41) is 25.8. The van der Waals surface area contributed by atoms with Gasteiger partial charge in [-0.1, -0.05) is 475 Å².